The Morgan fingerprint density at radius 3 is 2.54 bits per heavy atom. The minimum Gasteiger partial charge on any atom is -0.339 e. The number of benzene rings is 1. The van der Waals surface area contributed by atoms with Crippen LogP contribution >= 0.6 is 0 Å². The molecule has 3 N–H and O–H groups in total. The third-order valence-electron chi connectivity index (χ3n) is 4.06. The van der Waals surface area contributed by atoms with Gasteiger partial charge in [-0.15, -0.1) is 6.58 Å². The van der Waals surface area contributed by atoms with Gasteiger partial charge in [-0.05, 0) is 32.9 Å². The van der Waals surface area contributed by atoms with Crippen molar-refractivity contribution in [1.29, 1.82) is 0 Å². The highest BCUT2D eigenvalue weighted by Gasteiger charge is 2.28. The topological polar surface area (TPSA) is 104 Å². The lowest BCUT2D eigenvalue weighted by atomic mass is 9.92. The van der Waals surface area contributed by atoms with Crippen molar-refractivity contribution in [3.05, 3.63) is 54.3 Å². The number of rotatable bonds is 5. The first kappa shape index (κ1) is 19.1. The number of para-hydroxylation sites is 1. The molecule has 2 rings (SSSR count). The van der Waals surface area contributed by atoms with Gasteiger partial charge in [-0.1, -0.05) is 18.2 Å². The van der Waals surface area contributed by atoms with Crippen LogP contribution in [0.1, 0.15) is 31.1 Å². The molecule has 0 aliphatic carbocycles. The summed E-state index contributed by atoms with van der Waals surface area (Å²) >= 11 is 0. The smallest absolute Gasteiger partial charge is 0.268 e. The summed E-state index contributed by atoms with van der Waals surface area (Å²) in [6.45, 7) is 8.57. The number of piperazine rings is 1. The van der Waals surface area contributed by atoms with Gasteiger partial charge in [0.05, 0.1) is 11.1 Å². The highest BCUT2D eigenvalue weighted by atomic mass is 16.2. The summed E-state index contributed by atoms with van der Waals surface area (Å²) in [5.74, 6) is -1.78. The van der Waals surface area contributed by atoms with Crippen LogP contribution in [0, 0.1) is 5.41 Å². The highest BCUT2D eigenvalue weighted by Crippen LogP contribution is 2.22. The third kappa shape index (κ3) is 4.05. The van der Waals surface area contributed by atoms with Gasteiger partial charge in [-0.2, -0.15) is 0 Å². The van der Waals surface area contributed by atoms with E-state index in [1.54, 1.807) is 32.0 Å². The molecular formula is C19H21N3O4. The molecule has 1 fully saturated rings. The Morgan fingerprint density at radius 1 is 1.23 bits per heavy atom. The fourth-order valence-corrected chi connectivity index (χ4v) is 2.13. The van der Waals surface area contributed by atoms with Crippen LogP contribution in [0.25, 0.3) is 0 Å². The number of hydrogen-bond donors (Lipinski definition) is 3. The normalized spacial score (nSPS) is 18.7. The summed E-state index contributed by atoms with van der Waals surface area (Å²) in [6, 6.07) is 5.77. The minimum atomic E-state index is -0.817. The summed E-state index contributed by atoms with van der Waals surface area (Å²) in [6.07, 6.45) is 2.56. The van der Waals surface area contributed by atoms with Crippen molar-refractivity contribution in [1.82, 2.24) is 10.6 Å². The number of carbonyl (C=O) groups excluding carboxylic acids is 4. The Kier molecular flexibility index (Phi) is 5.40. The number of anilines is 1. The number of hydrogen-bond acceptors (Lipinski definition) is 4. The molecule has 7 nitrogen and oxygen atoms in total. The number of allylic oxidation sites excluding steroid dienone is 1. The van der Waals surface area contributed by atoms with Gasteiger partial charge >= 0.3 is 0 Å². The Balaban J connectivity index is 2.29. The molecule has 0 bridgehead atoms. The van der Waals surface area contributed by atoms with Gasteiger partial charge in [0.25, 0.3) is 5.91 Å². The maximum absolute atomic E-state index is 12.6. The molecule has 7 heteroatoms. The first-order valence-electron chi connectivity index (χ1n) is 8.07. The van der Waals surface area contributed by atoms with Crippen LogP contribution in [0.5, 0.6) is 0 Å². The standard InChI is InChI=1S/C19H21N3O4/c1-5-19(3,4)18(26)22-13-9-7-6-8-12(13)15(23)10-14-17(25)20-11(2)16(24)21-14/h5-11H,1H2,2-4H3,(H,20,25)(H,21,24)(H,22,26)/t11-/m0/s1. The Hall–Kier alpha value is -3.22. The minimum absolute atomic E-state index is 0.134. The maximum atomic E-state index is 12.6. The molecule has 26 heavy (non-hydrogen) atoms. The molecule has 1 atom stereocenters. The van der Waals surface area contributed by atoms with E-state index in [1.165, 1.54) is 19.1 Å². The van der Waals surface area contributed by atoms with Crippen molar-refractivity contribution >= 4 is 29.2 Å². The average Bonchev–Trinajstić information content (AvgIpc) is 2.60. The Bertz CT molecular complexity index is 824. The van der Waals surface area contributed by atoms with E-state index in [0.29, 0.717) is 5.69 Å². The molecule has 0 unspecified atom stereocenters. The molecule has 1 aromatic rings. The van der Waals surface area contributed by atoms with Crippen molar-refractivity contribution in [3.8, 4) is 0 Å². The van der Waals surface area contributed by atoms with E-state index in [9.17, 15) is 19.2 Å². The van der Waals surface area contributed by atoms with Crippen molar-refractivity contribution < 1.29 is 19.2 Å². The van der Waals surface area contributed by atoms with Crippen LogP contribution in [0.4, 0.5) is 5.69 Å². The molecule has 0 aromatic heterocycles. The quantitative estimate of drug-likeness (QED) is 0.423. The van der Waals surface area contributed by atoms with Gasteiger partial charge in [0.1, 0.15) is 11.7 Å². The predicted molar refractivity (Wildman–Crippen MR) is 97.2 cm³/mol. The molecule has 136 valence electrons. The van der Waals surface area contributed by atoms with E-state index < -0.39 is 29.1 Å². The van der Waals surface area contributed by atoms with Crippen molar-refractivity contribution in [2.24, 2.45) is 5.41 Å². The molecule has 1 saturated heterocycles. The van der Waals surface area contributed by atoms with Crippen LogP contribution in [0.15, 0.2) is 48.7 Å². The van der Waals surface area contributed by atoms with E-state index in [1.807, 2.05) is 0 Å². The molecule has 0 radical (unpaired) electrons. The second kappa shape index (κ2) is 7.35. The van der Waals surface area contributed by atoms with Crippen LogP contribution < -0.4 is 16.0 Å². The number of amides is 3. The van der Waals surface area contributed by atoms with Gasteiger partial charge in [0, 0.05) is 11.6 Å². The van der Waals surface area contributed by atoms with Crippen molar-refractivity contribution in [2.45, 2.75) is 26.8 Å². The van der Waals surface area contributed by atoms with Crippen LogP contribution in [-0.2, 0) is 14.4 Å². The van der Waals surface area contributed by atoms with E-state index in [4.69, 9.17) is 0 Å². The lowest BCUT2D eigenvalue weighted by Crippen LogP contribution is -2.53. The summed E-state index contributed by atoms with van der Waals surface area (Å²) in [4.78, 5) is 48.5. The largest absolute Gasteiger partial charge is 0.339 e. The fraction of sp³-hybridized carbons (Fsp3) is 0.263. The number of nitrogens with one attached hydrogen (secondary N) is 3. The monoisotopic (exact) mass is 355 g/mol. The highest BCUT2D eigenvalue weighted by molar-refractivity contribution is 6.15. The fourth-order valence-electron chi connectivity index (χ4n) is 2.13. The first-order chi connectivity index (χ1) is 12.2. The lowest BCUT2D eigenvalue weighted by molar-refractivity contribution is -0.130. The lowest BCUT2D eigenvalue weighted by Gasteiger charge is -2.22. The second-order valence-electron chi connectivity index (χ2n) is 6.53. The van der Waals surface area contributed by atoms with E-state index in [-0.39, 0.29) is 17.2 Å². The van der Waals surface area contributed by atoms with Crippen molar-refractivity contribution in [3.63, 3.8) is 0 Å². The Morgan fingerprint density at radius 2 is 1.88 bits per heavy atom. The SMILES string of the molecule is C=CC(C)(C)C(=O)Nc1ccccc1C(=O)C=C1NC(=O)[C@H](C)NC1=O. The van der Waals surface area contributed by atoms with Gasteiger partial charge in [0.2, 0.25) is 11.8 Å². The van der Waals surface area contributed by atoms with Gasteiger partial charge in [0.15, 0.2) is 5.78 Å². The molecule has 0 saturated carbocycles. The summed E-state index contributed by atoms with van der Waals surface area (Å²) in [5.41, 5.74) is -0.438. The van der Waals surface area contributed by atoms with E-state index in [2.05, 4.69) is 22.5 Å². The molecule has 0 spiro atoms. The maximum Gasteiger partial charge on any atom is 0.268 e. The van der Waals surface area contributed by atoms with Crippen molar-refractivity contribution in [2.75, 3.05) is 5.32 Å². The van der Waals surface area contributed by atoms with Gasteiger partial charge < -0.3 is 16.0 Å². The summed E-state index contributed by atoms with van der Waals surface area (Å²) in [5, 5.41) is 7.56. The van der Waals surface area contributed by atoms with E-state index in [0.717, 1.165) is 6.08 Å². The number of ketones is 1. The summed E-state index contributed by atoms with van der Waals surface area (Å²) in [7, 11) is 0. The summed E-state index contributed by atoms with van der Waals surface area (Å²) < 4.78 is 0. The molecule has 1 aromatic carbocycles. The molecular weight excluding hydrogens is 334 g/mol. The van der Waals surface area contributed by atoms with Crippen LogP contribution in [-0.4, -0.2) is 29.5 Å². The number of carbonyl (C=O) groups is 4. The zero-order valence-corrected chi connectivity index (χ0v) is 14.9. The predicted octanol–water partition coefficient (Wildman–Crippen LogP) is 1.54. The van der Waals surface area contributed by atoms with Gasteiger partial charge in [-0.3, -0.25) is 19.2 Å². The van der Waals surface area contributed by atoms with Crippen LogP contribution in [0.3, 0.4) is 0 Å². The molecule has 1 aliphatic rings. The van der Waals surface area contributed by atoms with E-state index >= 15 is 0 Å². The zero-order chi connectivity index (χ0) is 19.5. The molecule has 1 aliphatic heterocycles. The first-order valence-corrected chi connectivity index (χ1v) is 8.07. The Labute approximate surface area is 151 Å². The third-order valence-corrected chi connectivity index (χ3v) is 4.06. The van der Waals surface area contributed by atoms with Crippen LogP contribution in [0.2, 0.25) is 0 Å². The molecule has 3 amide bonds. The van der Waals surface area contributed by atoms with Gasteiger partial charge in [-0.25, -0.2) is 0 Å². The zero-order valence-electron chi connectivity index (χ0n) is 14.9. The average molecular weight is 355 g/mol. The second-order valence-corrected chi connectivity index (χ2v) is 6.53. The molecule has 1 heterocycles.